The third-order valence-corrected chi connectivity index (χ3v) is 6.38. The fraction of sp³-hybridized carbons (Fsp3) is 0.462. The smallest absolute Gasteiger partial charge is 0.243 e. The highest BCUT2D eigenvalue weighted by Gasteiger charge is 2.27. The molecule has 21 heavy (non-hydrogen) atoms. The Balaban J connectivity index is 3.18. The molecule has 0 radical (unpaired) electrons. The molecule has 0 bridgehead atoms. The quantitative estimate of drug-likeness (QED) is 0.752. The summed E-state index contributed by atoms with van der Waals surface area (Å²) in [6.45, 7) is 1.97. The zero-order valence-electron chi connectivity index (χ0n) is 12.2. The summed E-state index contributed by atoms with van der Waals surface area (Å²) in [5, 5.41) is 0.245. The van der Waals surface area contributed by atoms with Crippen molar-refractivity contribution in [1.82, 2.24) is 4.31 Å². The molecular formula is C13H19ClN2O2S3. The van der Waals surface area contributed by atoms with Gasteiger partial charge in [-0.1, -0.05) is 30.7 Å². The minimum atomic E-state index is -3.59. The molecule has 0 aliphatic rings. The van der Waals surface area contributed by atoms with Crippen molar-refractivity contribution in [2.75, 3.05) is 19.1 Å². The van der Waals surface area contributed by atoms with Crippen molar-refractivity contribution >= 4 is 50.6 Å². The van der Waals surface area contributed by atoms with E-state index in [9.17, 15) is 8.42 Å². The van der Waals surface area contributed by atoms with E-state index < -0.39 is 10.0 Å². The van der Waals surface area contributed by atoms with Crippen LogP contribution in [0.25, 0.3) is 0 Å². The van der Waals surface area contributed by atoms with E-state index in [4.69, 9.17) is 29.6 Å². The molecule has 1 aromatic carbocycles. The van der Waals surface area contributed by atoms with Crippen LogP contribution < -0.4 is 5.73 Å². The largest absolute Gasteiger partial charge is 0.389 e. The second-order valence-corrected chi connectivity index (χ2v) is 8.30. The van der Waals surface area contributed by atoms with Gasteiger partial charge in [0.15, 0.2) is 0 Å². The summed E-state index contributed by atoms with van der Waals surface area (Å²) in [7, 11) is -1.99. The second-order valence-electron chi connectivity index (χ2n) is 4.54. The first kappa shape index (κ1) is 18.7. The summed E-state index contributed by atoms with van der Waals surface area (Å²) >= 11 is 12.5. The summed E-state index contributed by atoms with van der Waals surface area (Å²) in [5.41, 5.74) is 6.00. The number of halogens is 1. The third kappa shape index (κ3) is 4.32. The molecule has 2 N–H and O–H groups in total. The molecule has 0 amide bonds. The number of nitrogens with zero attached hydrogens (tertiary/aromatic N) is 1. The highest BCUT2D eigenvalue weighted by Crippen LogP contribution is 2.25. The van der Waals surface area contributed by atoms with Gasteiger partial charge in [-0.05, 0) is 30.9 Å². The van der Waals surface area contributed by atoms with Gasteiger partial charge in [0.05, 0.1) is 9.92 Å². The molecule has 0 heterocycles. The third-order valence-electron chi connectivity index (χ3n) is 3.23. The molecule has 0 aliphatic carbocycles. The number of thioether (sulfide) groups is 1. The summed E-state index contributed by atoms with van der Waals surface area (Å²) in [6, 6.07) is 4.37. The van der Waals surface area contributed by atoms with E-state index in [1.54, 1.807) is 24.9 Å². The number of hydrogen-bond donors (Lipinski definition) is 1. The highest BCUT2D eigenvalue weighted by molar-refractivity contribution is 7.98. The molecule has 0 saturated carbocycles. The molecule has 118 valence electrons. The Morgan fingerprint density at radius 3 is 2.57 bits per heavy atom. The standard InChI is InChI=1S/C13H19ClN2O2S3/c1-4-9(8-20-3)16(2)21(17,18)10-5-6-11(13(15)19)12(14)7-10/h5-7,9H,4,8H2,1-3H3,(H2,15,19). The maximum absolute atomic E-state index is 12.6. The summed E-state index contributed by atoms with van der Waals surface area (Å²) in [4.78, 5) is 0.292. The monoisotopic (exact) mass is 366 g/mol. The molecular weight excluding hydrogens is 348 g/mol. The maximum Gasteiger partial charge on any atom is 0.243 e. The predicted octanol–water partition coefficient (Wildman–Crippen LogP) is 2.74. The molecule has 0 aromatic heterocycles. The Kier molecular flexibility index (Phi) is 6.93. The SMILES string of the molecule is CCC(CSC)N(C)S(=O)(=O)c1ccc(C(N)=S)c(Cl)c1. The zero-order chi connectivity index (χ0) is 16.2. The van der Waals surface area contributed by atoms with Crippen LogP contribution in [0.2, 0.25) is 5.02 Å². The first-order valence-corrected chi connectivity index (χ1v) is 9.94. The number of sulfonamides is 1. The number of thiocarbonyl (C=S) groups is 1. The van der Waals surface area contributed by atoms with Crippen molar-refractivity contribution < 1.29 is 8.42 Å². The van der Waals surface area contributed by atoms with Crippen LogP contribution in [0.3, 0.4) is 0 Å². The van der Waals surface area contributed by atoms with Crippen molar-refractivity contribution in [2.45, 2.75) is 24.3 Å². The summed E-state index contributed by atoms with van der Waals surface area (Å²) < 4.78 is 26.7. The average Bonchev–Trinajstić information content (AvgIpc) is 2.43. The van der Waals surface area contributed by atoms with Gasteiger partial charge >= 0.3 is 0 Å². The van der Waals surface area contributed by atoms with Gasteiger partial charge in [-0.3, -0.25) is 0 Å². The van der Waals surface area contributed by atoms with Gasteiger partial charge in [-0.15, -0.1) is 0 Å². The molecule has 0 saturated heterocycles. The normalized spacial score (nSPS) is 13.4. The van der Waals surface area contributed by atoms with Crippen LogP contribution in [0.1, 0.15) is 18.9 Å². The Morgan fingerprint density at radius 2 is 2.14 bits per heavy atom. The van der Waals surface area contributed by atoms with E-state index >= 15 is 0 Å². The van der Waals surface area contributed by atoms with Gasteiger partial charge in [0.25, 0.3) is 0 Å². The minimum absolute atomic E-state index is 0.0564. The van der Waals surface area contributed by atoms with E-state index in [-0.39, 0.29) is 20.9 Å². The number of hydrogen-bond acceptors (Lipinski definition) is 4. The maximum atomic E-state index is 12.6. The first-order valence-electron chi connectivity index (χ1n) is 6.32. The predicted molar refractivity (Wildman–Crippen MR) is 94.7 cm³/mol. The van der Waals surface area contributed by atoms with Crippen LogP contribution in [-0.2, 0) is 10.0 Å². The number of rotatable bonds is 7. The topological polar surface area (TPSA) is 63.4 Å². The summed E-state index contributed by atoms with van der Waals surface area (Å²) in [6.07, 6.45) is 2.70. The van der Waals surface area contributed by atoms with Crippen molar-refractivity contribution in [3.63, 3.8) is 0 Å². The van der Waals surface area contributed by atoms with Crippen molar-refractivity contribution in [1.29, 1.82) is 0 Å². The van der Waals surface area contributed by atoms with Crippen LogP contribution >= 0.6 is 35.6 Å². The molecule has 1 aromatic rings. The fourth-order valence-electron chi connectivity index (χ4n) is 1.89. The Labute approximate surface area is 141 Å². The minimum Gasteiger partial charge on any atom is -0.389 e. The Hall–Kier alpha value is -0.340. The Bertz CT molecular complexity index is 620. The molecule has 0 spiro atoms. The van der Waals surface area contributed by atoms with E-state index in [1.165, 1.54) is 16.4 Å². The van der Waals surface area contributed by atoms with Crippen LogP contribution in [0.5, 0.6) is 0 Å². The van der Waals surface area contributed by atoms with Gasteiger partial charge < -0.3 is 5.73 Å². The van der Waals surface area contributed by atoms with Crippen molar-refractivity contribution in [2.24, 2.45) is 5.73 Å². The van der Waals surface area contributed by atoms with Crippen molar-refractivity contribution in [3.8, 4) is 0 Å². The number of nitrogens with two attached hydrogens (primary N) is 1. The average molecular weight is 367 g/mol. The van der Waals surface area contributed by atoms with Gasteiger partial charge in [0.1, 0.15) is 4.99 Å². The Morgan fingerprint density at radius 1 is 1.52 bits per heavy atom. The second kappa shape index (κ2) is 7.78. The van der Waals surface area contributed by atoms with E-state index in [2.05, 4.69) is 0 Å². The number of benzene rings is 1. The van der Waals surface area contributed by atoms with Gasteiger partial charge in [-0.25, -0.2) is 8.42 Å². The van der Waals surface area contributed by atoms with Crippen molar-refractivity contribution in [3.05, 3.63) is 28.8 Å². The summed E-state index contributed by atoms with van der Waals surface area (Å²) in [5.74, 6) is 0.741. The van der Waals surface area contributed by atoms with Crippen LogP contribution in [0.15, 0.2) is 23.1 Å². The molecule has 1 atom stereocenters. The van der Waals surface area contributed by atoms with E-state index in [1.807, 2.05) is 13.2 Å². The molecule has 1 rings (SSSR count). The molecule has 0 aliphatic heterocycles. The molecule has 1 unspecified atom stereocenters. The van der Waals surface area contributed by atoms with Crippen LogP contribution in [-0.4, -0.2) is 42.8 Å². The lowest BCUT2D eigenvalue weighted by atomic mass is 10.2. The zero-order valence-corrected chi connectivity index (χ0v) is 15.4. The lowest BCUT2D eigenvalue weighted by Gasteiger charge is -2.26. The lowest BCUT2D eigenvalue weighted by Crippen LogP contribution is -2.38. The van der Waals surface area contributed by atoms with Gasteiger partial charge in [0.2, 0.25) is 10.0 Å². The first-order chi connectivity index (χ1) is 9.75. The van der Waals surface area contributed by atoms with Crippen LogP contribution in [0, 0.1) is 0 Å². The van der Waals surface area contributed by atoms with Gasteiger partial charge in [0, 0.05) is 24.4 Å². The molecule has 8 heteroatoms. The van der Waals surface area contributed by atoms with E-state index in [0.717, 1.165) is 12.2 Å². The van der Waals surface area contributed by atoms with Gasteiger partial charge in [-0.2, -0.15) is 16.1 Å². The molecule has 0 fully saturated rings. The fourth-order valence-corrected chi connectivity index (χ4v) is 4.87. The van der Waals surface area contributed by atoms with Crippen LogP contribution in [0.4, 0.5) is 0 Å². The van der Waals surface area contributed by atoms with E-state index in [0.29, 0.717) is 5.56 Å². The highest BCUT2D eigenvalue weighted by atomic mass is 35.5. The lowest BCUT2D eigenvalue weighted by molar-refractivity contribution is 0.385. The molecule has 4 nitrogen and oxygen atoms in total.